The van der Waals surface area contributed by atoms with E-state index in [1.165, 1.54) is 12.1 Å². The largest absolute Gasteiger partial charge is 0.416 e. The topological polar surface area (TPSA) is 20.3 Å². The summed E-state index contributed by atoms with van der Waals surface area (Å²) < 4.78 is 37.3. The van der Waals surface area contributed by atoms with Gasteiger partial charge in [0, 0.05) is 19.5 Å². The smallest absolute Gasteiger partial charge is 0.342 e. The molecule has 0 spiro atoms. The zero-order valence-electron chi connectivity index (χ0n) is 10.9. The van der Waals surface area contributed by atoms with Gasteiger partial charge in [-0.15, -0.1) is 0 Å². The molecule has 0 radical (unpaired) electrons. The summed E-state index contributed by atoms with van der Waals surface area (Å²) in [6.45, 7) is 1.25. The summed E-state index contributed by atoms with van der Waals surface area (Å²) in [5.41, 5.74) is 0.161. The van der Waals surface area contributed by atoms with Gasteiger partial charge in [0.1, 0.15) is 0 Å². The molecule has 20 heavy (non-hydrogen) atoms. The van der Waals surface area contributed by atoms with E-state index in [4.69, 9.17) is 0 Å². The van der Waals surface area contributed by atoms with Crippen molar-refractivity contribution >= 4 is 18.5 Å². The van der Waals surface area contributed by atoms with Crippen molar-refractivity contribution in [1.82, 2.24) is 4.90 Å². The van der Waals surface area contributed by atoms with E-state index >= 15 is 0 Å². The number of thiol groups is 1. The highest BCUT2D eigenvalue weighted by molar-refractivity contribution is 7.80. The highest BCUT2D eigenvalue weighted by Gasteiger charge is 2.30. The van der Waals surface area contributed by atoms with Gasteiger partial charge in [-0.1, -0.05) is 12.1 Å². The van der Waals surface area contributed by atoms with Crippen LogP contribution in [0.1, 0.15) is 17.5 Å². The number of nitrogens with zero attached hydrogens (tertiary/aromatic N) is 1. The number of carbonyl (C=O) groups excluding carboxylic acids is 1. The Kier molecular flexibility index (Phi) is 4.62. The summed E-state index contributed by atoms with van der Waals surface area (Å²) in [6, 6.07) is 5.11. The first-order valence-electron chi connectivity index (χ1n) is 6.45. The molecule has 1 aliphatic heterocycles. The van der Waals surface area contributed by atoms with E-state index in [-0.39, 0.29) is 5.91 Å². The lowest BCUT2D eigenvalue weighted by molar-refractivity contribution is -0.137. The summed E-state index contributed by atoms with van der Waals surface area (Å²) in [6.07, 6.45) is -3.21. The standard InChI is InChI=1S/C14H16F3NOS/c15-14(16,17)12-3-1-10(2-4-12)5-6-18-8-11(9-20)7-13(18)19/h1-4,11,20H,5-9H2. The van der Waals surface area contributed by atoms with Gasteiger partial charge < -0.3 is 4.90 Å². The van der Waals surface area contributed by atoms with Crippen LogP contribution in [0.4, 0.5) is 13.2 Å². The van der Waals surface area contributed by atoms with Gasteiger partial charge in [-0.25, -0.2) is 0 Å². The fraction of sp³-hybridized carbons (Fsp3) is 0.500. The van der Waals surface area contributed by atoms with Crippen LogP contribution in [0.5, 0.6) is 0 Å². The number of rotatable bonds is 4. The molecule has 6 heteroatoms. The van der Waals surface area contributed by atoms with Crippen LogP contribution in [0.15, 0.2) is 24.3 Å². The number of alkyl halides is 3. The SMILES string of the molecule is O=C1CC(CS)CN1CCc1ccc(C(F)(F)F)cc1. The van der Waals surface area contributed by atoms with Crippen molar-refractivity contribution in [2.75, 3.05) is 18.8 Å². The van der Waals surface area contributed by atoms with Gasteiger partial charge in [-0.3, -0.25) is 4.79 Å². The molecule has 2 nitrogen and oxygen atoms in total. The molecule has 1 aromatic rings. The van der Waals surface area contributed by atoms with Gasteiger partial charge in [-0.2, -0.15) is 25.8 Å². The van der Waals surface area contributed by atoms with E-state index in [0.29, 0.717) is 37.6 Å². The van der Waals surface area contributed by atoms with Crippen molar-refractivity contribution < 1.29 is 18.0 Å². The fourth-order valence-electron chi connectivity index (χ4n) is 2.32. The fourth-order valence-corrected chi connectivity index (χ4v) is 2.56. The predicted octanol–water partition coefficient (Wildman–Crippen LogP) is 3.03. The molecule has 1 unspecified atom stereocenters. The van der Waals surface area contributed by atoms with E-state index in [1.807, 2.05) is 0 Å². The molecule has 1 heterocycles. The quantitative estimate of drug-likeness (QED) is 0.848. The summed E-state index contributed by atoms with van der Waals surface area (Å²) in [4.78, 5) is 13.5. The van der Waals surface area contributed by atoms with Gasteiger partial charge >= 0.3 is 6.18 Å². The lowest BCUT2D eigenvalue weighted by Crippen LogP contribution is -2.27. The van der Waals surface area contributed by atoms with E-state index in [0.717, 1.165) is 17.7 Å². The highest BCUT2D eigenvalue weighted by atomic mass is 32.1. The normalized spacial score (nSPS) is 19.7. The number of hydrogen-bond acceptors (Lipinski definition) is 2. The highest BCUT2D eigenvalue weighted by Crippen LogP contribution is 2.29. The number of hydrogen-bond donors (Lipinski definition) is 1. The first-order chi connectivity index (χ1) is 9.40. The van der Waals surface area contributed by atoms with Crippen molar-refractivity contribution in [3.05, 3.63) is 35.4 Å². The molecular formula is C14H16F3NOS. The van der Waals surface area contributed by atoms with Crippen molar-refractivity contribution in [3.63, 3.8) is 0 Å². The maximum atomic E-state index is 12.4. The van der Waals surface area contributed by atoms with Crippen LogP contribution < -0.4 is 0 Å². The average Bonchev–Trinajstić information content (AvgIpc) is 2.76. The number of benzene rings is 1. The lowest BCUT2D eigenvalue weighted by Gasteiger charge is -2.16. The van der Waals surface area contributed by atoms with E-state index in [1.54, 1.807) is 4.90 Å². The molecular weight excluding hydrogens is 287 g/mol. The molecule has 0 aliphatic carbocycles. The lowest BCUT2D eigenvalue weighted by atomic mass is 10.1. The van der Waals surface area contributed by atoms with Gasteiger partial charge in [-0.05, 0) is 35.8 Å². The molecule has 2 rings (SSSR count). The molecule has 1 atom stereocenters. The Bertz CT molecular complexity index is 472. The molecule has 110 valence electrons. The van der Waals surface area contributed by atoms with Crippen LogP contribution in [0.2, 0.25) is 0 Å². The van der Waals surface area contributed by atoms with Gasteiger partial charge in [0.25, 0.3) is 0 Å². The summed E-state index contributed by atoms with van der Waals surface area (Å²) in [5, 5.41) is 0. The zero-order chi connectivity index (χ0) is 14.8. The number of likely N-dealkylation sites (tertiary alicyclic amines) is 1. The van der Waals surface area contributed by atoms with Crippen LogP contribution in [-0.2, 0) is 17.4 Å². The van der Waals surface area contributed by atoms with E-state index in [9.17, 15) is 18.0 Å². The van der Waals surface area contributed by atoms with E-state index < -0.39 is 11.7 Å². The molecule has 1 amide bonds. The molecule has 0 N–H and O–H groups in total. The monoisotopic (exact) mass is 303 g/mol. The minimum Gasteiger partial charge on any atom is -0.342 e. The maximum absolute atomic E-state index is 12.4. The van der Waals surface area contributed by atoms with Crippen LogP contribution in [0.25, 0.3) is 0 Å². The second kappa shape index (κ2) is 6.08. The molecule has 1 fully saturated rings. The molecule has 0 aromatic heterocycles. The number of amides is 1. The summed E-state index contributed by atoms with van der Waals surface area (Å²) >= 11 is 4.19. The van der Waals surface area contributed by atoms with Crippen LogP contribution >= 0.6 is 12.6 Å². The summed E-state index contributed by atoms with van der Waals surface area (Å²) in [7, 11) is 0. The van der Waals surface area contributed by atoms with Gasteiger partial charge in [0.05, 0.1) is 5.56 Å². The maximum Gasteiger partial charge on any atom is 0.416 e. The average molecular weight is 303 g/mol. The van der Waals surface area contributed by atoms with Crippen molar-refractivity contribution in [1.29, 1.82) is 0 Å². The second-order valence-electron chi connectivity index (χ2n) is 5.04. The Labute approximate surface area is 121 Å². The van der Waals surface area contributed by atoms with Gasteiger partial charge in [0.15, 0.2) is 0 Å². The first kappa shape index (κ1) is 15.2. The minimum absolute atomic E-state index is 0.107. The molecule has 1 saturated heterocycles. The minimum atomic E-state index is -4.30. The van der Waals surface area contributed by atoms with Crippen molar-refractivity contribution in [3.8, 4) is 0 Å². The first-order valence-corrected chi connectivity index (χ1v) is 7.08. The zero-order valence-corrected chi connectivity index (χ0v) is 11.8. The van der Waals surface area contributed by atoms with Crippen LogP contribution in [-0.4, -0.2) is 29.6 Å². The Morgan fingerprint density at radius 3 is 2.40 bits per heavy atom. The van der Waals surface area contributed by atoms with Gasteiger partial charge in [0.2, 0.25) is 5.91 Å². The third-order valence-electron chi connectivity index (χ3n) is 3.50. The molecule has 0 bridgehead atoms. The Balaban J connectivity index is 1.90. The van der Waals surface area contributed by atoms with Crippen LogP contribution in [0.3, 0.4) is 0 Å². The third-order valence-corrected chi connectivity index (χ3v) is 4.02. The van der Waals surface area contributed by atoms with Crippen molar-refractivity contribution in [2.45, 2.75) is 19.0 Å². The molecule has 1 aromatic carbocycles. The Morgan fingerprint density at radius 2 is 1.90 bits per heavy atom. The van der Waals surface area contributed by atoms with Crippen molar-refractivity contribution in [2.24, 2.45) is 5.92 Å². The van der Waals surface area contributed by atoms with Crippen LogP contribution in [0, 0.1) is 5.92 Å². The van der Waals surface area contributed by atoms with E-state index in [2.05, 4.69) is 12.6 Å². The second-order valence-corrected chi connectivity index (χ2v) is 5.40. The molecule has 0 saturated carbocycles. The number of halogens is 3. The number of carbonyl (C=O) groups is 1. The Morgan fingerprint density at radius 1 is 1.25 bits per heavy atom. The Hall–Kier alpha value is -1.17. The molecule has 1 aliphatic rings. The predicted molar refractivity (Wildman–Crippen MR) is 73.7 cm³/mol. The summed E-state index contributed by atoms with van der Waals surface area (Å²) in [5.74, 6) is 1.08. The third kappa shape index (κ3) is 3.69.